The molecule has 0 aromatic carbocycles. The monoisotopic (exact) mass is 223 g/mol. The van der Waals surface area contributed by atoms with Crippen molar-refractivity contribution in [2.45, 2.75) is 40.2 Å². The van der Waals surface area contributed by atoms with E-state index in [0.717, 1.165) is 24.4 Å². The van der Waals surface area contributed by atoms with Crippen LogP contribution in [0.25, 0.3) is 0 Å². The predicted octanol–water partition coefficient (Wildman–Crippen LogP) is 1.05. The van der Waals surface area contributed by atoms with Crippen LogP contribution in [0.15, 0.2) is 0 Å². The molecule has 1 heterocycles. The van der Waals surface area contributed by atoms with E-state index in [0.29, 0.717) is 18.5 Å². The zero-order chi connectivity index (χ0) is 12.1. The first-order valence-electron chi connectivity index (χ1n) is 5.71. The molecule has 0 aliphatic heterocycles. The molecule has 0 aliphatic rings. The van der Waals surface area contributed by atoms with Gasteiger partial charge in [-0.2, -0.15) is 5.10 Å². The highest BCUT2D eigenvalue weighted by atomic mass is 15.3. The van der Waals surface area contributed by atoms with Crippen LogP contribution < -0.4 is 10.6 Å². The molecular formula is C11H21N5. The molecule has 0 fully saturated rings. The molecule has 1 rings (SSSR count). The molecule has 0 radical (unpaired) electrons. The normalized spacial score (nSPS) is 10.9. The standard InChI is InChI=1S/C11H21N5/c1-8(2)16(7-5-6-12)11-13-9(3)10(4)14-15-11/h8H,5-7,12H2,1-4H3. The third-order valence-electron chi connectivity index (χ3n) is 2.56. The maximum absolute atomic E-state index is 5.53. The highest BCUT2D eigenvalue weighted by molar-refractivity contribution is 5.30. The number of nitrogens with zero attached hydrogens (tertiary/aromatic N) is 4. The van der Waals surface area contributed by atoms with E-state index >= 15 is 0 Å². The molecule has 0 saturated heterocycles. The average Bonchev–Trinajstić information content (AvgIpc) is 2.23. The van der Waals surface area contributed by atoms with Crippen LogP contribution in [-0.2, 0) is 0 Å². The molecule has 0 unspecified atom stereocenters. The van der Waals surface area contributed by atoms with E-state index in [1.165, 1.54) is 0 Å². The molecule has 0 atom stereocenters. The molecule has 0 aliphatic carbocycles. The van der Waals surface area contributed by atoms with E-state index in [1.807, 2.05) is 13.8 Å². The fraction of sp³-hybridized carbons (Fsp3) is 0.727. The van der Waals surface area contributed by atoms with Gasteiger partial charge in [0.05, 0.1) is 11.4 Å². The summed E-state index contributed by atoms with van der Waals surface area (Å²) in [5.74, 6) is 0.701. The molecular weight excluding hydrogens is 202 g/mol. The van der Waals surface area contributed by atoms with Gasteiger partial charge < -0.3 is 10.6 Å². The Labute approximate surface area is 97.1 Å². The lowest BCUT2D eigenvalue weighted by molar-refractivity contribution is 0.629. The molecule has 2 N–H and O–H groups in total. The minimum Gasteiger partial charge on any atom is -0.337 e. The van der Waals surface area contributed by atoms with E-state index in [1.54, 1.807) is 0 Å². The van der Waals surface area contributed by atoms with Gasteiger partial charge in [0.15, 0.2) is 0 Å². The van der Waals surface area contributed by atoms with E-state index in [2.05, 4.69) is 33.9 Å². The van der Waals surface area contributed by atoms with Crippen molar-refractivity contribution in [3.05, 3.63) is 11.4 Å². The van der Waals surface area contributed by atoms with Gasteiger partial charge in [-0.1, -0.05) is 0 Å². The zero-order valence-electron chi connectivity index (χ0n) is 10.6. The summed E-state index contributed by atoms with van der Waals surface area (Å²) < 4.78 is 0. The maximum atomic E-state index is 5.53. The Hall–Kier alpha value is -1.23. The van der Waals surface area contributed by atoms with Crippen molar-refractivity contribution in [3.63, 3.8) is 0 Å². The summed E-state index contributed by atoms with van der Waals surface area (Å²) in [5.41, 5.74) is 7.34. The summed E-state index contributed by atoms with van der Waals surface area (Å²) in [6.45, 7) is 9.66. The van der Waals surface area contributed by atoms with Crippen molar-refractivity contribution >= 4 is 5.95 Å². The molecule has 90 valence electrons. The summed E-state index contributed by atoms with van der Waals surface area (Å²) in [7, 11) is 0. The minimum atomic E-state index is 0.357. The molecule has 0 amide bonds. The van der Waals surface area contributed by atoms with Gasteiger partial charge >= 0.3 is 0 Å². The number of nitrogens with two attached hydrogens (primary N) is 1. The molecule has 1 aromatic heterocycles. The quantitative estimate of drug-likeness (QED) is 0.808. The summed E-state index contributed by atoms with van der Waals surface area (Å²) >= 11 is 0. The fourth-order valence-electron chi connectivity index (χ4n) is 1.42. The lowest BCUT2D eigenvalue weighted by Gasteiger charge is -2.26. The lowest BCUT2D eigenvalue weighted by Crippen LogP contribution is -2.34. The number of aromatic nitrogens is 3. The van der Waals surface area contributed by atoms with Gasteiger partial charge in [-0.25, -0.2) is 4.98 Å². The summed E-state index contributed by atoms with van der Waals surface area (Å²) in [6, 6.07) is 0.357. The Kier molecular flexibility index (Phi) is 4.61. The van der Waals surface area contributed by atoms with Crippen molar-refractivity contribution in [1.82, 2.24) is 15.2 Å². The smallest absolute Gasteiger partial charge is 0.245 e. The van der Waals surface area contributed by atoms with Gasteiger partial charge in [0.2, 0.25) is 5.95 Å². The average molecular weight is 223 g/mol. The van der Waals surface area contributed by atoms with Crippen LogP contribution in [0.2, 0.25) is 0 Å². The molecule has 0 spiro atoms. The molecule has 0 saturated carbocycles. The Morgan fingerprint density at radius 1 is 1.19 bits per heavy atom. The largest absolute Gasteiger partial charge is 0.337 e. The van der Waals surface area contributed by atoms with Crippen LogP contribution in [-0.4, -0.2) is 34.3 Å². The van der Waals surface area contributed by atoms with Crippen LogP contribution in [0.3, 0.4) is 0 Å². The van der Waals surface area contributed by atoms with Crippen LogP contribution in [0.5, 0.6) is 0 Å². The second-order valence-corrected chi connectivity index (χ2v) is 4.21. The highest BCUT2D eigenvalue weighted by Gasteiger charge is 2.14. The van der Waals surface area contributed by atoms with E-state index in [9.17, 15) is 0 Å². The third-order valence-corrected chi connectivity index (χ3v) is 2.56. The number of rotatable bonds is 5. The highest BCUT2D eigenvalue weighted by Crippen LogP contribution is 2.12. The van der Waals surface area contributed by atoms with Crippen molar-refractivity contribution in [2.75, 3.05) is 18.0 Å². The molecule has 1 aromatic rings. The van der Waals surface area contributed by atoms with Gasteiger partial charge in [0, 0.05) is 12.6 Å². The molecule has 16 heavy (non-hydrogen) atoms. The first-order valence-corrected chi connectivity index (χ1v) is 5.71. The SMILES string of the molecule is Cc1nnc(N(CCCN)C(C)C)nc1C. The van der Waals surface area contributed by atoms with E-state index in [-0.39, 0.29) is 0 Å². The fourth-order valence-corrected chi connectivity index (χ4v) is 1.42. The van der Waals surface area contributed by atoms with Crippen molar-refractivity contribution < 1.29 is 0 Å². The lowest BCUT2D eigenvalue weighted by atomic mass is 10.3. The van der Waals surface area contributed by atoms with Gasteiger partial charge in [-0.3, -0.25) is 0 Å². The molecule has 5 heteroatoms. The second kappa shape index (κ2) is 5.75. The van der Waals surface area contributed by atoms with Crippen LogP contribution in [0.1, 0.15) is 31.7 Å². The van der Waals surface area contributed by atoms with Crippen LogP contribution in [0.4, 0.5) is 5.95 Å². The topological polar surface area (TPSA) is 67.9 Å². The zero-order valence-corrected chi connectivity index (χ0v) is 10.6. The Bertz CT molecular complexity index is 337. The molecule has 5 nitrogen and oxygen atoms in total. The first-order chi connectivity index (χ1) is 7.56. The maximum Gasteiger partial charge on any atom is 0.245 e. The van der Waals surface area contributed by atoms with Gasteiger partial charge in [-0.05, 0) is 40.7 Å². The number of hydrogen-bond acceptors (Lipinski definition) is 5. The van der Waals surface area contributed by atoms with Crippen molar-refractivity contribution in [1.29, 1.82) is 0 Å². The molecule has 0 bridgehead atoms. The second-order valence-electron chi connectivity index (χ2n) is 4.21. The minimum absolute atomic E-state index is 0.357. The Morgan fingerprint density at radius 3 is 2.38 bits per heavy atom. The summed E-state index contributed by atoms with van der Waals surface area (Å²) in [4.78, 5) is 6.59. The number of anilines is 1. The first kappa shape index (κ1) is 12.8. The van der Waals surface area contributed by atoms with Crippen molar-refractivity contribution in [2.24, 2.45) is 5.73 Å². The van der Waals surface area contributed by atoms with E-state index in [4.69, 9.17) is 5.73 Å². The predicted molar refractivity (Wildman–Crippen MR) is 65.5 cm³/mol. The summed E-state index contributed by atoms with van der Waals surface area (Å²) in [5, 5.41) is 8.24. The van der Waals surface area contributed by atoms with Crippen LogP contribution >= 0.6 is 0 Å². The van der Waals surface area contributed by atoms with Crippen LogP contribution in [0, 0.1) is 13.8 Å². The number of hydrogen-bond donors (Lipinski definition) is 1. The summed E-state index contributed by atoms with van der Waals surface area (Å²) in [6.07, 6.45) is 0.939. The van der Waals surface area contributed by atoms with Gasteiger partial charge in [0.25, 0.3) is 0 Å². The third kappa shape index (κ3) is 3.13. The Morgan fingerprint density at radius 2 is 1.88 bits per heavy atom. The van der Waals surface area contributed by atoms with Gasteiger partial charge in [-0.15, -0.1) is 5.10 Å². The Balaban J connectivity index is 2.88. The number of aryl methyl sites for hydroxylation is 2. The van der Waals surface area contributed by atoms with Crippen molar-refractivity contribution in [3.8, 4) is 0 Å². The van der Waals surface area contributed by atoms with Gasteiger partial charge in [0.1, 0.15) is 0 Å². The van der Waals surface area contributed by atoms with E-state index < -0.39 is 0 Å².